The second kappa shape index (κ2) is 9.18. The minimum Gasteiger partial charge on any atom is -0.406 e. The van der Waals surface area contributed by atoms with E-state index in [0.717, 1.165) is 36.4 Å². The number of carbonyl (C=O) groups is 2. The van der Waals surface area contributed by atoms with E-state index in [2.05, 4.69) is 20.6 Å². The van der Waals surface area contributed by atoms with E-state index in [1.54, 1.807) is 0 Å². The Balaban J connectivity index is 1.76. The van der Waals surface area contributed by atoms with E-state index in [0.29, 0.717) is 0 Å². The summed E-state index contributed by atoms with van der Waals surface area (Å²) in [6, 6.07) is 10.7. The summed E-state index contributed by atoms with van der Waals surface area (Å²) in [6.07, 6.45) is -8.26. The molecule has 12 heteroatoms. The second-order valence-electron chi connectivity index (χ2n) is 6.46. The van der Waals surface area contributed by atoms with E-state index in [1.165, 1.54) is 30.5 Å². The van der Waals surface area contributed by atoms with Crippen LogP contribution in [0.25, 0.3) is 0 Å². The van der Waals surface area contributed by atoms with Crippen molar-refractivity contribution in [3.63, 3.8) is 0 Å². The van der Waals surface area contributed by atoms with Gasteiger partial charge in [0.25, 0.3) is 5.91 Å². The lowest BCUT2D eigenvalue weighted by Gasteiger charge is -2.12. The number of halogens is 6. The van der Waals surface area contributed by atoms with Crippen LogP contribution in [0.2, 0.25) is 0 Å². The van der Waals surface area contributed by atoms with Gasteiger partial charge in [-0.2, -0.15) is 13.2 Å². The van der Waals surface area contributed by atoms with Gasteiger partial charge in [-0.1, -0.05) is 12.1 Å². The Morgan fingerprint density at radius 1 is 0.879 bits per heavy atom. The lowest BCUT2D eigenvalue weighted by molar-refractivity contribution is -0.274. The van der Waals surface area contributed by atoms with E-state index in [4.69, 9.17) is 0 Å². The van der Waals surface area contributed by atoms with Gasteiger partial charge in [-0.3, -0.25) is 25.4 Å². The maximum atomic E-state index is 12.8. The number of anilines is 1. The number of ketones is 1. The third-order valence-electron chi connectivity index (χ3n) is 4.13. The summed E-state index contributed by atoms with van der Waals surface area (Å²) in [6.45, 7) is 0. The topological polar surface area (TPSA) is 80.3 Å². The maximum absolute atomic E-state index is 12.8. The van der Waals surface area contributed by atoms with Crippen molar-refractivity contribution in [1.82, 2.24) is 10.4 Å². The van der Waals surface area contributed by atoms with Gasteiger partial charge < -0.3 is 4.74 Å². The first-order valence-electron chi connectivity index (χ1n) is 9.03. The predicted molar refractivity (Wildman–Crippen MR) is 103 cm³/mol. The fraction of sp³-hybridized carbons (Fsp3) is 0.0952. The first-order chi connectivity index (χ1) is 15.4. The molecule has 0 aliphatic carbocycles. The minimum absolute atomic E-state index is 0.130. The molecule has 0 saturated heterocycles. The van der Waals surface area contributed by atoms with Crippen LogP contribution in [-0.2, 0) is 6.18 Å². The third kappa shape index (κ3) is 6.21. The van der Waals surface area contributed by atoms with E-state index >= 15 is 0 Å². The molecular formula is C21H13F6N3O3. The zero-order valence-corrected chi connectivity index (χ0v) is 16.3. The molecule has 0 radical (unpaired) electrons. The number of nitrogens with one attached hydrogen (secondary N) is 2. The molecule has 33 heavy (non-hydrogen) atoms. The van der Waals surface area contributed by atoms with Gasteiger partial charge in [0.2, 0.25) is 5.78 Å². The van der Waals surface area contributed by atoms with Crippen LogP contribution in [-0.4, -0.2) is 23.0 Å². The van der Waals surface area contributed by atoms with E-state index in [1.807, 2.05) is 0 Å². The summed E-state index contributed by atoms with van der Waals surface area (Å²) in [4.78, 5) is 29.2. The Hall–Kier alpha value is -4.09. The van der Waals surface area contributed by atoms with E-state index < -0.39 is 35.5 Å². The average Bonchev–Trinajstić information content (AvgIpc) is 2.75. The molecule has 0 spiro atoms. The molecule has 0 bridgehead atoms. The number of ether oxygens (including phenoxy) is 1. The number of rotatable bonds is 6. The van der Waals surface area contributed by atoms with E-state index in [-0.39, 0.29) is 22.5 Å². The summed E-state index contributed by atoms with van der Waals surface area (Å²) in [5.74, 6) is -2.32. The number of hydrazine groups is 1. The van der Waals surface area contributed by atoms with Gasteiger partial charge in [0.15, 0.2) is 0 Å². The first-order valence-corrected chi connectivity index (χ1v) is 9.03. The number of alkyl halides is 6. The highest BCUT2D eigenvalue weighted by molar-refractivity contribution is 6.14. The van der Waals surface area contributed by atoms with Crippen LogP contribution in [0.4, 0.5) is 32.0 Å². The van der Waals surface area contributed by atoms with Crippen LogP contribution < -0.4 is 15.6 Å². The van der Waals surface area contributed by atoms with Gasteiger partial charge in [0.05, 0.1) is 16.8 Å². The molecule has 0 atom stereocenters. The van der Waals surface area contributed by atoms with Gasteiger partial charge >= 0.3 is 12.5 Å². The minimum atomic E-state index is -4.96. The summed E-state index contributed by atoms with van der Waals surface area (Å²) in [7, 11) is 0. The Morgan fingerprint density at radius 3 is 2.21 bits per heavy atom. The molecule has 172 valence electrons. The average molecular weight is 469 g/mol. The van der Waals surface area contributed by atoms with Gasteiger partial charge in [-0.05, 0) is 48.5 Å². The quantitative estimate of drug-likeness (QED) is 0.302. The number of carbonyl (C=O) groups excluding carboxylic acids is 2. The smallest absolute Gasteiger partial charge is 0.406 e. The van der Waals surface area contributed by atoms with Crippen LogP contribution in [0.15, 0.2) is 66.9 Å². The van der Waals surface area contributed by atoms with Crippen molar-refractivity contribution < 1.29 is 40.7 Å². The fourth-order valence-electron chi connectivity index (χ4n) is 2.68. The molecule has 0 saturated carbocycles. The summed E-state index contributed by atoms with van der Waals surface area (Å²) < 4.78 is 79.0. The van der Waals surface area contributed by atoms with Crippen molar-refractivity contribution in [2.24, 2.45) is 0 Å². The van der Waals surface area contributed by atoms with Gasteiger partial charge in [-0.25, -0.2) is 0 Å². The second-order valence-corrected chi connectivity index (χ2v) is 6.46. The largest absolute Gasteiger partial charge is 0.573 e. The molecule has 1 aromatic heterocycles. The molecule has 2 aromatic carbocycles. The van der Waals surface area contributed by atoms with Crippen molar-refractivity contribution in [2.45, 2.75) is 12.5 Å². The van der Waals surface area contributed by atoms with Crippen LogP contribution >= 0.6 is 0 Å². The van der Waals surface area contributed by atoms with Gasteiger partial charge in [0.1, 0.15) is 11.4 Å². The van der Waals surface area contributed by atoms with Crippen molar-refractivity contribution >= 4 is 17.4 Å². The zero-order chi connectivity index (χ0) is 24.2. The van der Waals surface area contributed by atoms with E-state index in [9.17, 15) is 35.9 Å². The number of amides is 1. The molecule has 0 fully saturated rings. The SMILES string of the molecule is O=C(NNc1ccc(C(F)(F)F)cc1)c1cccnc1C(=O)c1cccc(OC(F)(F)F)c1. The normalized spacial score (nSPS) is 11.6. The molecule has 0 unspecified atom stereocenters. The summed E-state index contributed by atoms with van der Waals surface area (Å²) in [5.41, 5.74) is 3.11. The van der Waals surface area contributed by atoms with Crippen LogP contribution in [0.3, 0.4) is 0 Å². The predicted octanol–water partition coefficient (Wildman–Crippen LogP) is 4.99. The fourth-order valence-corrected chi connectivity index (χ4v) is 2.68. The van der Waals surface area contributed by atoms with Gasteiger partial charge in [0, 0.05) is 11.8 Å². The molecule has 3 aromatic rings. The van der Waals surface area contributed by atoms with Crippen molar-refractivity contribution in [3.05, 3.63) is 89.2 Å². The van der Waals surface area contributed by atoms with Gasteiger partial charge in [-0.15, -0.1) is 13.2 Å². The number of pyridine rings is 1. The maximum Gasteiger partial charge on any atom is 0.573 e. The van der Waals surface area contributed by atoms with Crippen LogP contribution in [0, 0.1) is 0 Å². The van der Waals surface area contributed by atoms with Crippen molar-refractivity contribution in [2.75, 3.05) is 5.43 Å². The first kappa shape index (κ1) is 23.6. The number of nitrogens with zero attached hydrogens (tertiary/aromatic N) is 1. The lowest BCUT2D eigenvalue weighted by atomic mass is 10.0. The standard InChI is InChI=1S/C21H13F6N3O3/c22-20(23,24)13-6-8-14(9-7-13)29-30-19(32)16-5-2-10-28-17(16)18(31)12-3-1-4-15(11-12)33-21(25,26)27/h1-11,29H,(H,30,32). The molecule has 3 rings (SSSR count). The molecule has 1 amide bonds. The molecular weight excluding hydrogens is 456 g/mol. The molecule has 2 N–H and O–H groups in total. The van der Waals surface area contributed by atoms with Crippen molar-refractivity contribution in [3.8, 4) is 5.75 Å². The third-order valence-corrected chi connectivity index (χ3v) is 4.13. The Morgan fingerprint density at radius 2 is 1.58 bits per heavy atom. The molecule has 0 aliphatic rings. The summed E-state index contributed by atoms with van der Waals surface area (Å²) >= 11 is 0. The van der Waals surface area contributed by atoms with Crippen molar-refractivity contribution in [1.29, 1.82) is 0 Å². The Bertz CT molecular complexity index is 1160. The Kier molecular flexibility index (Phi) is 6.56. The highest BCUT2D eigenvalue weighted by Gasteiger charge is 2.32. The van der Waals surface area contributed by atoms with Crippen LogP contribution in [0.5, 0.6) is 5.75 Å². The number of aromatic nitrogens is 1. The Labute approximate surface area is 182 Å². The monoisotopic (exact) mass is 469 g/mol. The highest BCUT2D eigenvalue weighted by atomic mass is 19.4. The number of benzene rings is 2. The zero-order valence-electron chi connectivity index (χ0n) is 16.3. The highest BCUT2D eigenvalue weighted by Crippen LogP contribution is 2.29. The lowest BCUT2D eigenvalue weighted by Crippen LogP contribution is -2.31. The van der Waals surface area contributed by atoms with Crippen LogP contribution in [0.1, 0.15) is 32.0 Å². The number of hydrogen-bond donors (Lipinski definition) is 2. The summed E-state index contributed by atoms with van der Waals surface area (Å²) in [5, 5.41) is 0. The molecule has 0 aliphatic heterocycles. The number of hydrogen-bond acceptors (Lipinski definition) is 5. The molecule has 1 heterocycles. The molecule has 6 nitrogen and oxygen atoms in total.